The molecule has 22 heavy (non-hydrogen) atoms. The maximum Gasteiger partial charge on any atom is 0.122 e. The molecule has 0 fully saturated rings. The van der Waals surface area contributed by atoms with Gasteiger partial charge >= 0.3 is 0 Å². The molecule has 4 heteroatoms. The van der Waals surface area contributed by atoms with Crippen molar-refractivity contribution in [3.63, 3.8) is 0 Å². The van der Waals surface area contributed by atoms with Crippen molar-refractivity contribution in [2.24, 2.45) is 5.92 Å². The zero-order valence-electron chi connectivity index (χ0n) is 14.8. The van der Waals surface area contributed by atoms with E-state index >= 15 is 0 Å². The van der Waals surface area contributed by atoms with Gasteiger partial charge in [0.1, 0.15) is 11.5 Å². The lowest BCUT2D eigenvalue weighted by atomic mass is 10.1. The van der Waals surface area contributed by atoms with E-state index in [-0.39, 0.29) is 0 Å². The zero-order valence-corrected chi connectivity index (χ0v) is 14.8. The van der Waals surface area contributed by atoms with Crippen molar-refractivity contribution in [2.75, 3.05) is 27.3 Å². The zero-order chi connectivity index (χ0) is 16.8. The first-order chi connectivity index (χ1) is 10.2. The number of methoxy groups -OCH3 is 2. The Bertz CT molecular complexity index is 430. The Balaban J connectivity index is 2.87. The topological polar surface area (TPSA) is 41.9 Å². The molecule has 1 rings (SSSR count). The molecule has 0 spiro atoms. The first-order valence-corrected chi connectivity index (χ1v) is 7.90. The summed E-state index contributed by atoms with van der Waals surface area (Å²) >= 11 is 0. The van der Waals surface area contributed by atoms with Crippen LogP contribution in [0.4, 0.5) is 0 Å². The van der Waals surface area contributed by atoms with Crippen LogP contribution in [0.1, 0.15) is 39.7 Å². The highest BCUT2D eigenvalue weighted by Crippen LogP contribution is 2.24. The second kappa shape index (κ2) is 8.39. The van der Waals surface area contributed by atoms with Crippen LogP contribution in [0.2, 0.25) is 0 Å². The van der Waals surface area contributed by atoms with E-state index in [9.17, 15) is 5.11 Å². The Hall–Kier alpha value is -1.26. The summed E-state index contributed by atoms with van der Waals surface area (Å²) in [6.45, 7) is 10.5. The molecule has 126 valence electrons. The van der Waals surface area contributed by atoms with E-state index in [1.165, 1.54) is 0 Å². The average molecular weight is 309 g/mol. The van der Waals surface area contributed by atoms with Crippen molar-refractivity contribution in [3.8, 4) is 11.5 Å². The molecule has 0 heterocycles. The number of nitrogens with zero attached hydrogens (tertiary/aromatic N) is 1. The molecule has 0 aliphatic carbocycles. The van der Waals surface area contributed by atoms with Crippen LogP contribution in [-0.4, -0.2) is 42.9 Å². The van der Waals surface area contributed by atoms with Crippen LogP contribution in [0.25, 0.3) is 0 Å². The van der Waals surface area contributed by atoms with Gasteiger partial charge in [0, 0.05) is 19.2 Å². The van der Waals surface area contributed by atoms with E-state index in [1.54, 1.807) is 14.2 Å². The van der Waals surface area contributed by atoms with E-state index in [2.05, 4.69) is 18.7 Å². The van der Waals surface area contributed by atoms with Gasteiger partial charge in [-0.05, 0) is 50.4 Å². The van der Waals surface area contributed by atoms with Crippen molar-refractivity contribution < 1.29 is 14.6 Å². The number of ether oxygens (including phenoxy) is 2. The predicted molar refractivity (Wildman–Crippen MR) is 90.6 cm³/mol. The van der Waals surface area contributed by atoms with E-state index in [0.29, 0.717) is 12.5 Å². The molecule has 1 aromatic carbocycles. The Morgan fingerprint density at radius 1 is 1.09 bits per heavy atom. The van der Waals surface area contributed by atoms with Crippen LogP contribution in [0.5, 0.6) is 11.5 Å². The minimum atomic E-state index is -0.708. The standard InChI is InChI=1S/C18H31NO3/c1-14(2)7-8-19(13-18(3,4)20)12-15-9-16(21-5)11-17(10-15)22-6/h9-11,14,20H,7-8,12-13H2,1-6H3. The summed E-state index contributed by atoms with van der Waals surface area (Å²) in [7, 11) is 3.32. The van der Waals surface area contributed by atoms with E-state index in [1.807, 2.05) is 32.0 Å². The highest BCUT2D eigenvalue weighted by atomic mass is 16.5. The lowest BCUT2D eigenvalue weighted by Crippen LogP contribution is -2.39. The summed E-state index contributed by atoms with van der Waals surface area (Å²) in [5.41, 5.74) is 0.420. The van der Waals surface area contributed by atoms with Crippen LogP contribution in [0.15, 0.2) is 18.2 Å². The number of rotatable bonds is 9. The van der Waals surface area contributed by atoms with Gasteiger partial charge in [0.2, 0.25) is 0 Å². The molecule has 0 unspecified atom stereocenters. The summed E-state index contributed by atoms with van der Waals surface area (Å²) in [6, 6.07) is 5.92. The smallest absolute Gasteiger partial charge is 0.122 e. The first kappa shape index (κ1) is 18.8. The van der Waals surface area contributed by atoms with Gasteiger partial charge in [-0.1, -0.05) is 13.8 Å². The largest absolute Gasteiger partial charge is 0.497 e. The lowest BCUT2D eigenvalue weighted by Gasteiger charge is -2.29. The Morgan fingerprint density at radius 3 is 2.05 bits per heavy atom. The minimum Gasteiger partial charge on any atom is -0.497 e. The van der Waals surface area contributed by atoms with Gasteiger partial charge in [-0.3, -0.25) is 4.90 Å². The molecule has 0 radical (unpaired) electrons. The van der Waals surface area contributed by atoms with Gasteiger partial charge in [-0.2, -0.15) is 0 Å². The Labute approximate surface area is 135 Å². The fourth-order valence-corrected chi connectivity index (χ4v) is 2.42. The van der Waals surface area contributed by atoms with E-state index < -0.39 is 5.60 Å². The molecule has 0 aliphatic rings. The highest BCUT2D eigenvalue weighted by molar-refractivity contribution is 5.38. The molecule has 0 atom stereocenters. The molecule has 0 aliphatic heterocycles. The normalized spacial score (nSPS) is 12.0. The van der Waals surface area contributed by atoms with Crippen molar-refractivity contribution in [1.82, 2.24) is 4.90 Å². The number of benzene rings is 1. The third kappa shape index (κ3) is 7.14. The van der Waals surface area contributed by atoms with Crippen LogP contribution in [-0.2, 0) is 6.54 Å². The molecule has 1 N–H and O–H groups in total. The number of hydrogen-bond acceptors (Lipinski definition) is 4. The molecule has 0 saturated heterocycles. The minimum absolute atomic E-state index is 0.638. The monoisotopic (exact) mass is 309 g/mol. The third-order valence-electron chi connectivity index (χ3n) is 3.45. The van der Waals surface area contributed by atoms with Gasteiger partial charge in [-0.15, -0.1) is 0 Å². The van der Waals surface area contributed by atoms with Gasteiger partial charge in [0.25, 0.3) is 0 Å². The molecule has 4 nitrogen and oxygen atoms in total. The summed E-state index contributed by atoms with van der Waals surface area (Å²) in [5, 5.41) is 10.1. The van der Waals surface area contributed by atoms with E-state index in [4.69, 9.17) is 9.47 Å². The number of aliphatic hydroxyl groups is 1. The van der Waals surface area contributed by atoms with Crippen LogP contribution < -0.4 is 9.47 Å². The highest BCUT2D eigenvalue weighted by Gasteiger charge is 2.19. The van der Waals surface area contributed by atoms with Crippen molar-refractivity contribution in [2.45, 2.75) is 46.3 Å². The quantitative estimate of drug-likeness (QED) is 0.760. The number of hydrogen-bond donors (Lipinski definition) is 1. The SMILES string of the molecule is COc1cc(CN(CCC(C)C)CC(C)(C)O)cc(OC)c1. The molecular weight excluding hydrogens is 278 g/mol. The van der Waals surface area contributed by atoms with E-state index in [0.717, 1.165) is 36.6 Å². The Kier molecular flexibility index (Phi) is 7.17. The Morgan fingerprint density at radius 2 is 1.64 bits per heavy atom. The fraction of sp³-hybridized carbons (Fsp3) is 0.667. The third-order valence-corrected chi connectivity index (χ3v) is 3.45. The van der Waals surface area contributed by atoms with Crippen molar-refractivity contribution in [3.05, 3.63) is 23.8 Å². The molecule has 0 bridgehead atoms. The van der Waals surface area contributed by atoms with Crippen LogP contribution >= 0.6 is 0 Å². The maximum absolute atomic E-state index is 10.1. The van der Waals surface area contributed by atoms with Crippen molar-refractivity contribution >= 4 is 0 Å². The molecule has 0 amide bonds. The van der Waals surface area contributed by atoms with Crippen molar-refractivity contribution in [1.29, 1.82) is 0 Å². The summed E-state index contributed by atoms with van der Waals surface area (Å²) in [5.74, 6) is 2.23. The second-order valence-corrected chi connectivity index (χ2v) is 6.93. The maximum atomic E-state index is 10.1. The molecular formula is C18H31NO3. The van der Waals surface area contributed by atoms with Gasteiger partial charge < -0.3 is 14.6 Å². The summed E-state index contributed by atoms with van der Waals surface area (Å²) in [6.07, 6.45) is 1.11. The van der Waals surface area contributed by atoms with Gasteiger partial charge in [0.15, 0.2) is 0 Å². The first-order valence-electron chi connectivity index (χ1n) is 7.90. The summed E-state index contributed by atoms with van der Waals surface area (Å²) in [4.78, 5) is 2.29. The lowest BCUT2D eigenvalue weighted by molar-refractivity contribution is 0.0320. The molecule has 1 aromatic rings. The molecule has 0 saturated carbocycles. The molecule has 0 aromatic heterocycles. The van der Waals surface area contributed by atoms with Gasteiger partial charge in [0.05, 0.1) is 19.8 Å². The van der Waals surface area contributed by atoms with Crippen LogP contribution in [0.3, 0.4) is 0 Å². The predicted octanol–water partition coefficient (Wildman–Crippen LogP) is 3.32. The average Bonchev–Trinajstić information content (AvgIpc) is 2.42. The second-order valence-electron chi connectivity index (χ2n) is 6.93. The fourth-order valence-electron chi connectivity index (χ4n) is 2.42. The van der Waals surface area contributed by atoms with Gasteiger partial charge in [-0.25, -0.2) is 0 Å². The summed E-state index contributed by atoms with van der Waals surface area (Å²) < 4.78 is 10.7. The van der Waals surface area contributed by atoms with Crippen LogP contribution in [0, 0.1) is 5.92 Å².